The first-order valence-electron chi connectivity index (χ1n) is 4.78. The standard InChI is InChI=1S/C12H11FO3/c1-2-16-12(15)8-7-11(14)9-3-5-10(13)6-4-9/h3-8H,2H2,1H3. The molecule has 4 heteroatoms. The van der Waals surface area contributed by atoms with Crippen LogP contribution < -0.4 is 0 Å². The minimum absolute atomic E-state index is 0.258. The molecular formula is C12H11FO3. The first kappa shape index (κ1) is 12.1. The van der Waals surface area contributed by atoms with Crippen LogP contribution in [0.5, 0.6) is 0 Å². The maximum Gasteiger partial charge on any atom is 0.330 e. The van der Waals surface area contributed by atoms with Crippen LogP contribution in [0.1, 0.15) is 17.3 Å². The summed E-state index contributed by atoms with van der Waals surface area (Å²) in [7, 11) is 0. The zero-order chi connectivity index (χ0) is 12.0. The lowest BCUT2D eigenvalue weighted by atomic mass is 10.1. The zero-order valence-corrected chi connectivity index (χ0v) is 8.77. The number of hydrogen-bond acceptors (Lipinski definition) is 3. The molecule has 0 saturated carbocycles. The molecule has 1 aromatic carbocycles. The van der Waals surface area contributed by atoms with Crippen molar-refractivity contribution in [2.75, 3.05) is 6.61 Å². The number of ketones is 1. The van der Waals surface area contributed by atoms with E-state index in [9.17, 15) is 14.0 Å². The van der Waals surface area contributed by atoms with Gasteiger partial charge in [0, 0.05) is 11.6 Å². The summed E-state index contributed by atoms with van der Waals surface area (Å²) in [5.41, 5.74) is 0.321. The summed E-state index contributed by atoms with van der Waals surface area (Å²) in [6.07, 6.45) is 2.15. The maximum atomic E-state index is 12.6. The van der Waals surface area contributed by atoms with Gasteiger partial charge < -0.3 is 4.74 Å². The molecule has 0 atom stereocenters. The van der Waals surface area contributed by atoms with Crippen LogP contribution in [0.25, 0.3) is 0 Å². The molecule has 0 aliphatic carbocycles. The number of carbonyl (C=O) groups is 2. The van der Waals surface area contributed by atoms with Gasteiger partial charge in [-0.1, -0.05) is 0 Å². The van der Waals surface area contributed by atoms with Gasteiger partial charge in [0.05, 0.1) is 6.61 Å². The number of rotatable bonds is 4. The van der Waals surface area contributed by atoms with Gasteiger partial charge in [0.2, 0.25) is 0 Å². The normalized spacial score (nSPS) is 10.4. The fraction of sp³-hybridized carbons (Fsp3) is 0.167. The lowest BCUT2D eigenvalue weighted by molar-refractivity contribution is -0.137. The van der Waals surface area contributed by atoms with Crippen LogP contribution in [0, 0.1) is 5.82 Å². The van der Waals surface area contributed by atoms with E-state index < -0.39 is 11.8 Å². The van der Waals surface area contributed by atoms with E-state index in [2.05, 4.69) is 4.74 Å². The molecule has 0 heterocycles. The Bertz CT molecular complexity index is 407. The average Bonchev–Trinajstić information content (AvgIpc) is 2.27. The molecule has 0 amide bonds. The zero-order valence-electron chi connectivity index (χ0n) is 8.77. The van der Waals surface area contributed by atoms with E-state index in [-0.39, 0.29) is 12.4 Å². The summed E-state index contributed by atoms with van der Waals surface area (Å²) < 4.78 is 17.2. The van der Waals surface area contributed by atoms with Gasteiger partial charge >= 0.3 is 5.97 Å². The predicted octanol–water partition coefficient (Wildman–Crippen LogP) is 2.13. The van der Waals surface area contributed by atoms with Crippen molar-refractivity contribution < 1.29 is 18.7 Å². The highest BCUT2D eigenvalue weighted by Gasteiger charge is 2.02. The van der Waals surface area contributed by atoms with E-state index in [1.54, 1.807) is 6.92 Å². The molecule has 0 N–H and O–H groups in total. The van der Waals surface area contributed by atoms with Gasteiger partial charge in [0.1, 0.15) is 5.82 Å². The van der Waals surface area contributed by atoms with Crippen molar-refractivity contribution >= 4 is 11.8 Å². The van der Waals surface area contributed by atoms with Crippen LogP contribution in [-0.2, 0) is 9.53 Å². The Morgan fingerprint density at radius 2 is 1.88 bits per heavy atom. The first-order valence-corrected chi connectivity index (χ1v) is 4.78. The van der Waals surface area contributed by atoms with Crippen LogP contribution in [-0.4, -0.2) is 18.4 Å². The fourth-order valence-corrected chi connectivity index (χ4v) is 1.04. The van der Waals surface area contributed by atoms with Crippen LogP contribution in [0.4, 0.5) is 4.39 Å². The molecule has 3 nitrogen and oxygen atoms in total. The van der Waals surface area contributed by atoms with E-state index >= 15 is 0 Å². The molecular weight excluding hydrogens is 211 g/mol. The number of ether oxygens (including phenoxy) is 1. The van der Waals surface area contributed by atoms with Crippen molar-refractivity contribution in [3.63, 3.8) is 0 Å². The van der Waals surface area contributed by atoms with Crippen molar-refractivity contribution in [2.24, 2.45) is 0 Å². The molecule has 1 rings (SSSR count). The van der Waals surface area contributed by atoms with Crippen LogP contribution in [0.15, 0.2) is 36.4 Å². The maximum absolute atomic E-state index is 12.6. The van der Waals surface area contributed by atoms with Gasteiger partial charge in [-0.25, -0.2) is 9.18 Å². The number of hydrogen-bond donors (Lipinski definition) is 0. The first-order chi connectivity index (χ1) is 7.63. The van der Waals surface area contributed by atoms with Crippen molar-refractivity contribution in [3.8, 4) is 0 Å². The predicted molar refractivity (Wildman–Crippen MR) is 56.5 cm³/mol. The average molecular weight is 222 g/mol. The van der Waals surface area contributed by atoms with E-state index in [1.165, 1.54) is 24.3 Å². The summed E-state index contributed by atoms with van der Waals surface area (Å²) in [6.45, 7) is 1.93. The molecule has 84 valence electrons. The molecule has 16 heavy (non-hydrogen) atoms. The summed E-state index contributed by atoms with van der Waals surface area (Å²) in [5, 5.41) is 0. The number of benzene rings is 1. The Hall–Kier alpha value is -1.97. The van der Waals surface area contributed by atoms with Crippen molar-refractivity contribution in [1.82, 2.24) is 0 Å². The Morgan fingerprint density at radius 3 is 2.44 bits per heavy atom. The Kier molecular flexibility index (Phi) is 4.39. The van der Waals surface area contributed by atoms with Crippen LogP contribution in [0.3, 0.4) is 0 Å². The van der Waals surface area contributed by atoms with Crippen LogP contribution in [0.2, 0.25) is 0 Å². The lowest BCUT2D eigenvalue weighted by Gasteiger charge is -1.96. The number of carbonyl (C=O) groups excluding carboxylic acids is 2. The molecule has 0 aromatic heterocycles. The van der Waals surface area contributed by atoms with Crippen LogP contribution >= 0.6 is 0 Å². The van der Waals surface area contributed by atoms with Gasteiger partial charge in [0.25, 0.3) is 0 Å². The smallest absolute Gasteiger partial charge is 0.330 e. The third-order valence-corrected chi connectivity index (χ3v) is 1.79. The topological polar surface area (TPSA) is 43.4 Å². The number of halogens is 1. The van der Waals surface area contributed by atoms with E-state index in [0.717, 1.165) is 12.2 Å². The molecule has 0 aliphatic heterocycles. The third-order valence-electron chi connectivity index (χ3n) is 1.79. The second kappa shape index (κ2) is 5.80. The van der Waals surface area contributed by atoms with E-state index in [1.807, 2.05) is 0 Å². The lowest BCUT2D eigenvalue weighted by Crippen LogP contribution is -2.01. The summed E-state index contributed by atoms with van der Waals surface area (Å²) in [5.74, 6) is -1.35. The number of allylic oxidation sites excluding steroid dienone is 1. The SMILES string of the molecule is CCOC(=O)C=CC(=O)c1ccc(F)cc1. The van der Waals surface area contributed by atoms with Gasteiger partial charge in [-0.2, -0.15) is 0 Å². The van der Waals surface area contributed by atoms with Crippen molar-refractivity contribution in [1.29, 1.82) is 0 Å². The Labute approximate surface area is 92.5 Å². The Balaban J connectivity index is 2.65. The largest absolute Gasteiger partial charge is 0.463 e. The van der Waals surface area contributed by atoms with Gasteiger partial charge in [-0.3, -0.25) is 4.79 Å². The highest BCUT2D eigenvalue weighted by molar-refractivity contribution is 6.06. The molecule has 0 unspecified atom stereocenters. The second-order valence-electron chi connectivity index (χ2n) is 2.96. The van der Waals surface area contributed by atoms with E-state index in [0.29, 0.717) is 5.56 Å². The minimum atomic E-state index is -0.571. The Morgan fingerprint density at radius 1 is 1.25 bits per heavy atom. The highest BCUT2D eigenvalue weighted by Crippen LogP contribution is 2.04. The summed E-state index contributed by atoms with van der Waals surface area (Å²) >= 11 is 0. The molecule has 0 spiro atoms. The van der Waals surface area contributed by atoms with Gasteiger partial charge in [0.15, 0.2) is 5.78 Å². The fourth-order valence-electron chi connectivity index (χ4n) is 1.04. The van der Waals surface area contributed by atoms with Gasteiger partial charge in [-0.05, 0) is 37.3 Å². The van der Waals surface area contributed by atoms with E-state index in [4.69, 9.17) is 0 Å². The molecule has 0 fully saturated rings. The van der Waals surface area contributed by atoms with Crippen molar-refractivity contribution in [3.05, 3.63) is 47.8 Å². The number of esters is 1. The second-order valence-corrected chi connectivity index (χ2v) is 2.96. The molecule has 0 saturated heterocycles. The summed E-state index contributed by atoms with van der Waals surface area (Å²) in [6, 6.07) is 5.08. The molecule has 1 aromatic rings. The quantitative estimate of drug-likeness (QED) is 0.445. The highest BCUT2D eigenvalue weighted by atomic mass is 19.1. The third kappa shape index (κ3) is 3.65. The molecule has 0 radical (unpaired) electrons. The molecule has 0 aliphatic rings. The van der Waals surface area contributed by atoms with Gasteiger partial charge in [-0.15, -0.1) is 0 Å². The van der Waals surface area contributed by atoms with Crippen molar-refractivity contribution in [2.45, 2.75) is 6.92 Å². The monoisotopic (exact) mass is 222 g/mol. The molecule has 0 bridgehead atoms. The minimum Gasteiger partial charge on any atom is -0.463 e. The summed E-state index contributed by atoms with van der Waals surface area (Å²) in [4.78, 5) is 22.4.